The van der Waals surface area contributed by atoms with Gasteiger partial charge in [0.1, 0.15) is 6.07 Å². The van der Waals surface area contributed by atoms with Gasteiger partial charge in [0, 0.05) is 17.1 Å². The van der Waals surface area contributed by atoms with Gasteiger partial charge in [-0.25, -0.2) is 0 Å². The van der Waals surface area contributed by atoms with Crippen LogP contribution in [-0.4, -0.2) is 29.8 Å². The second kappa shape index (κ2) is 6.60. The van der Waals surface area contributed by atoms with Gasteiger partial charge in [-0.1, -0.05) is 15.9 Å². The minimum Gasteiger partial charge on any atom is -0.381 e. The zero-order valence-electron chi connectivity index (χ0n) is 11.9. The monoisotopic (exact) mass is 366 g/mol. The van der Waals surface area contributed by atoms with E-state index in [1.165, 1.54) is 11.5 Å². The van der Waals surface area contributed by atoms with Gasteiger partial charge in [0.2, 0.25) is 0 Å². The summed E-state index contributed by atoms with van der Waals surface area (Å²) in [7, 11) is 0. The molecule has 5 heteroatoms. The Balaban J connectivity index is 1.73. The molecule has 2 saturated heterocycles. The molecule has 1 spiro atoms. The molecule has 21 heavy (non-hydrogen) atoms. The van der Waals surface area contributed by atoms with Crippen molar-refractivity contribution < 1.29 is 4.74 Å². The van der Waals surface area contributed by atoms with Gasteiger partial charge in [-0.2, -0.15) is 17.0 Å². The molecule has 1 N–H and O–H groups in total. The molecular formula is C16H19BrN2OS. The number of nitrogens with one attached hydrogen (secondary N) is 1. The van der Waals surface area contributed by atoms with Gasteiger partial charge in [-0.3, -0.25) is 0 Å². The Hall–Kier alpha value is -0.700. The van der Waals surface area contributed by atoms with E-state index >= 15 is 0 Å². The van der Waals surface area contributed by atoms with Crippen LogP contribution in [0, 0.1) is 11.3 Å². The van der Waals surface area contributed by atoms with E-state index in [-0.39, 0.29) is 5.60 Å². The molecular weight excluding hydrogens is 348 g/mol. The zero-order chi connectivity index (χ0) is 14.7. The highest BCUT2D eigenvalue weighted by Gasteiger charge is 2.38. The average molecular weight is 367 g/mol. The average Bonchev–Trinajstić information content (AvgIpc) is 2.48. The summed E-state index contributed by atoms with van der Waals surface area (Å²) in [6.07, 6.45) is 4.36. The van der Waals surface area contributed by atoms with Gasteiger partial charge in [-0.15, -0.1) is 0 Å². The molecule has 0 aromatic heterocycles. The minimum atomic E-state index is 0.0694. The lowest BCUT2D eigenvalue weighted by molar-refractivity contribution is -0.0865. The zero-order valence-corrected chi connectivity index (χ0v) is 14.3. The van der Waals surface area contributed by atoms with E-state index in [2.05, 4.69) is 27.3 Å². The fourth-order valence-electron chi connectivity index (χ4n) is 3.20. The smallest absolute Gasteiger partial charge is 0.101 e. The van der Waals surface area contributed by atoms with E-state index in [4.69, 9.17) is 4.74 Å². The van der Waals surface area contributed by atoms with Crippen molar-refractivity contribution in [2.24, 2.45) is 0 Å². The highest BCUT2D eigenvalue weighted by atomic mass is 79.9. The number of halogens is 1. The normalized spacial score (nSPS) is 24.5. The molecule has 1 aromatic rings. The SMILES string of the molecule is N#Cc1ccc(Br)cc1NC1CCOC2(CCSCC2)C1. The first kappa shape index (κ1) is 15.2. The van der Waals surface area contributed by atoms with E-state index in [1.807, 2.05) is 30.0 Å². The summed E-state index contributed by atoms with van der Waals surface area (Å²) in [4.78, 5) is 0. The van der Waals surface area contributed by atoms with Crippen molar-refractivity contribution in [2.45, 2.75) is 37.3 Å². The topological polar surface area (TPSA) is 45.0 Å². The maximum Gasteiger partial charge on any atom is 0.101 e. The van der Waals surface area contributed by atoms with Crippen LogP contribution < -0.4 is 5.32 Å². The summed E-state index contributed by atoms with van der Waals surface area (Å²) in [5.74, 6) is 2.40. The number of nitriles is 1. The summed E-state index contributed by atoms with van der Waals surface area (Å²) < 4.78 is 7.13. The molecule has 0 radical (unpaired) electrons. The van der Waals surface area contributed by atoms with Gasteiger partial charge < -0.3 is 10.1 Å². The Kier molecular flexibility index (Phi) is 4.78. The summed E-state index contributed by atoms with van der Waals surface area (Å²) in [6.45, 7) is 0.818. The number of rotatable bonds is 2. The Morgan fingerprint density at radius 1 is 1.38 bits per heavy atom. The molecule has 2 aliphatic rings. The molecule has 2 heterocycles. The van der Waals surface area contributed by atoms with Gasteiger partial charge in [-0.05, 0) is 55.4 Å². The van der Waals surface area contributed by atoms with Crippen molar-refractivity contribution in [1.29, 1.82) is 5.26 Å². The van der Waals surface area contributed by atoms with E-state index in [1.54, 1.807) is 0 Å². The first-order valence-corrected chi connectivity index (χ1v) is 9.33. The van der Waals surface area contributed by atoms with Crippen molar-refractivity contribution in [1.82, 2.24) is 0 Å². The van der Waals surface area contributed by atoms with Crippen LogP contribution in [0.15, 0.2) is 22.7 Å². The molecule has 2 fully saturated rings. The molecule has 3 rings (SSSR count). The first-order valence-electron chi connectivity index (χ1n) is 7.39. The van der Waals surface area contributed by atoms with Crippen LogP contribution in [0.25, 0.3) is 0 Å². The largest absolute Gasteiger partial charge is 0.381 e. The molecule has 0 amide bonds. The molecule has 2 aliphatic heterocycles. The number of nitrogens with zero attached hydrogens (tertiary/aromatic N) is 1. The van der Waals surface area contributed by atoms with Crippen LogP contribution in [0.4, 0.5) is 5.69 Å². The number of ether oxygens (including phenoxy) is 1. The van der Waals surface area contributed by atoms with Crippen molar-refractivity contribution in [3.8, 4) is 6.07 Å². The second-order valence-electron chi connectivity index (χ2n) is 5.78. The first-order chi connectivity index (χ1) is 10.2. The number of benzene rings is 1. The predicted molar refractivity (Wildman–Crippen MR) is 90.7 cm³/mol. The molecule has 0 saturated carbocycles. The van der Waals surface area contributed by atoms with Gasteiger partial charge in [0.25, 0.3) is 0 Å². The van der Waals surface area contributed by atoms with Crippen LogP contribution in [0.2, 0.25) is 0 Å². The third kappa shape index (κ3) is 3.56. The standard InChI is InChI=1S/C16H19BrN2OS/c17-13-2-1-12(11-18)15(9-13)19-14-3-6-20-16(10-14)4-7-21-8-5-16/h1-2,9,14,19H,3-8,10H2. The van der Waals surface area contributed by atoms with E-state index in [0.717, 1.165) is 42.5 Å². The highest BCUT2D eigenvalue weighted by Crippen LogP contribution is 2.38. The Labute approximate surface area is 138 Å². The number of hydrogen-bond acceptors (Lipinski definition) is 4. The van der Waals surface area contributed by atoms with Gasteiger partial charge in [0.15, 0.2) is 0 Å². The number of anilines is 1. The summed E-state index contributed by atoms with van der Waals surface area (Å²) in [6, 6.07) is 8.42. The molecule has 0 bridgehead atoms. The number of thioether (sulfide) groups is 1. The van der Waals surface area contributed by atoms with Crippen molar-refractivity contribution in [2.75, 3.05) is 23.4 Å². The molecule has 0 aliphatic carbocycles. The van der Waals surface area contributed by atoms with Crippen LogP contribution >= 0.6 is 27.7 Å². The van der Waals surface area contributed by atoms with Gasteiger partial charge in [0.05, 0.1) is 16.9 Å². The number of hydrogen-bond donors (Lipinski definition) is 1. The van der Waals surface area contributed by atoms with Crippen molar-refractivity contribution in [3.05, 3.63) is 28.2 Å². The minimum absolute atomic E-state index is 0.0694. The fourth-order valence-corrected chi connectivity index (χ4v) is 4.79. The van der Waals surface area contributed by atoms with E-state index in [0.29, 0.717) is 11.6 Å². The Morgan fingerprint density at radius 3 is 2.95 bits per heavy atom. The lowest BCUT2D eigenvalue weighted by Gasteiger charge is -2.43. The summed E-state index contributed by atoms with van der Waals surface area (Å²) in [5.41, 5.74) is 1.71. The highest BCUT2D eigenvalue weighted by molar-refractivity contribution is 9.10. The maximum atomic E-state index is 9.25. The third-order valence-electron chi connectivity index (χ3n) is 4.36. The van der Waals surface area contributed by atoms with Crippen LogP contribution in [-0.2, 0) is 4.74 Å². The lowest BCUT2D eigenvalue weighted by Crippen LogP contribution is -2.46. The molecule has 3 nitrogen and oxygen atoms in total. The summed E-state index contributed by atoms with van der Waals surface area (Å²) >= 11 is 5.51. The second-order valence-corrected chi connectivity index (χ2v) is 7.92. The maximum absolute atomic E-state index is 9.25. The van der Waals surface area contributed by atoms with Gasteiger partial charge >= 0.3 is 0 Å². The summed E-state index contributed by atoms with van der Waals surface area (Å²) in [5, 5.41) is 12.8. The molecule has 112 valence electrons. The lowest BCUT2D eigenvalue weighted by atomic mass is 9.85. The fraction of sp³-hybridized carbons (Fsp3) is 0.562. The molecule has 1 atom stereocenters. The predicted octanol–water partition coefficient (Wildman–Crippen LogP) is 4.18. The quantitative estimate of drug-likeness (QED) is 0.852. The van der Waals surface area contributed by atoms with Crippen molar-refractivity contribution in [3.63, 3.8) is 0 Å². The molecule has 1 unspecified atom stereocenters. The van der Waals surface area contributed by atoms with Crippen LogP contribution in [0.5, 0.6) is 0 Å². The van der Waals surface area contributed by atoms with E-state index < -0.39 is 0 Å². The Morgan fingerprint density at radius 2 is 2.19 bits per heavy atom. The Bertz CT molecular complexity index is 546. The van der Waals surface area contributed by atoms with Crippen LogP contribution in [0.3, 0.4) is 0 Å². The van der Waals surface area contributed by atoms with E-state index in [9.17, 15) is 5.26 Å². The van der Waals surface area contributed by atoms with Crippen LogP contribution in [0.1, 0.15) is 31.2 Å². The molecule has 1 aromatic carbocycles. The third-order valence-corrected chi connectivity index (χ3v) is 5.84. The van der Waals surface area contributed by atoms with Crippen molar-refractivity contribution >= 4 is 33.4 Å².